The molecule has 4 aromatic heterocycles. The highest BCUT2D eigenvalue weighted by Crippen LogP contribution is 2.35. The molecule has 0 radical (unpaired) electrons. The molecule has 7 aromatic rings. The fraction of sp³-hybridized carbons (Fsp3) is 0.158. The fourth-order valence-electron chi connectivity index (χ4n) is 6.27. The van der Waals surface area contributed by atoms with Crippen LogP contribution in [-0.4, -0.2) is 33.3 Å². The standard InChI is InChI=1S/C38H34N4O2/c1-25-29(9-5-11-31(25)35-13-7-21-41(35)23-43-3)33-19-17-27-15-16-28-18-20-34(40-38(28)37(27)39-33)30-10-6-12-32(26(30)2)36-14-8-22-42(36)24-44-4/h5-22H,23-24H2,1-4H3. The zero-order chi connectivity index (χ0) is 30.2. The molecular formula is C38H34N4O2. The molecule has 0 spiro atoms. The molecule has 0 N–H and O–H groups in total. The fourth-order valence-corrected chi connectivity index (χ4v) is 6.27. The Morgan fingerprint density at radius 3 is 1.34 bits per heavy atom. The van der Waals surface area contributed by atoms with Gasteiger partial charge in [0.25, 0.3) is 0 Å². The number of fused-ring (bicyclic) bond motifs is 3. The van der Waals surface area contributed by atoms with Crippen LogP contribution in [0.1, 0.15) is 11.1 Å². The maximum atomic E-state index is 5.42. The highest BCUT2D eigenvalue weighted by atomic mass is 16.5. The Hall–Kier alpha value is -5.04. The summed E-state index contributed by atoms with van der Waals surface area (Å²) < 4.78 is 15.1. The number of hydrogen-bond donors (Lipinski definition) is 0. The zero-order valence-corrected chi connectivity index (χ0v) is 25.4. The minimum atomic E-state index is 0.502. The summed E-state index contributed by atoms with van der Waals surface area (Å²) in [5, 5.41) is 2.13. The molecule has 0 atom stereocenters. The molecule has 0 unspecified atom stereocenters. The van der Waals surface area contributed by atoms with Crippen molar-refractivity contribution in [2.45, 2.75) is 27.3 Å². The number of benzene rings is 3. The van der Waals surface area contributed by atoms with Crippen molar-refractivity contribution in [1.82, 2.24) is 19.1 Å². The van der Waals surface area contributed by atoms with Crippen molar-refractivity contribution in [3.05, 3.63) is 121 Å². The van der Waals surface area contributed by atoms with Gasteiger partial charge in [0.05, 0.1) is 33.8 Å². The Morgan fingerprint density at radius 1 is 0.500 bits per heavy atom. The predicted octanol–water partition coefficient (Wildman–Crippen LogP) is 8.88. The first-order valence-electron chi connectivity index (χ1n) is 14.8. The third kappa shape index (κ3) is 4.78. The van der Waals surface area contributed by atoms with Gasteiger partial charge < -0.3 is 18.6 Å². The van der Waals surface area contributed by atoms with E-state index < -0.39 is 0 Å². The molecule has 0 saturated carbocycles. The number of methoxy groups -OCH3 is 2. The molecule has 0 saturated heterocycles. The summed E-state index contributed by atoms with van der Waals surface area (Å²) in [6, 6.07) is 34.0. The van der Waals surface area contributed by atoms with Crippen molar-refractivity contribution < 1.29 is 9.47 Å². The average molecular weight is 579 g/mol. The van der Waals surface area contributed by atoms with E-state index in [1.165, 1.54) is 11.1 Å². The van der Waals surface area contributed by atoms with E-state index in [0.29, 0.717) is 13.5 Å². The molecule has 0 aliphatic rings. The summed E-state index contributed by atoms with van der Waals surface area (Å²) in [7, 11) is 3.43. The van der Waals surface area contributed by atoms with Gasteiger partial charge in [-0.25, -0.2) is 9.97 Å². The van der Waals surface area contributed by atoms with Gasteiger partial charge in [0.2, 0.25) is 0 Å². The van der Waals surface area contributed by atoms with Gasteiger partial charge >= 0.3 is 0 Å². The maximum Gasteiger partial charge on any atom is 0.122 e. The highest BCUT2D eigenvalue weighted by molar-refractivity contribution is 6.04. The van der Waals surface area contributed by atoms with Gasteiger partial charge in [-0.1, -0.05) is 60.7 Å². The van der Waals surface area contributed by atoms with Crippen LogP contribution in [0.2, 0.25) is 0 Å². The third-order valence-electron chi connectivity index (χ3n) is 8.49. The number of pyridine rings is 2. The van der Waals surface area contributed by atoms with E-state index in [2.05, 4.69) is 120 Å². The molecule has 4 heterocycles. The van der Waals surface area contributed by atoms with E-state index in [1.807, 2.05) is 12.4 Å². The van der Waals surface area contributed by atoms with Gasteiger partial charge in [0, 0.05) is 59.6 Å². The molecule has 6 nitrogen and oxygen atoms in total. The van der Waals surface area contributed by atoms with E-state index in [4.69, 9.17) is 19.4 Å². The first-order chi connectivity index (χ1) is 21.6. The van der Waals surface area contributed by atoms with E-state index >= 15 is 0 Å². The number of nitrogens with zero attached hydrogens (tertiary/aromatic N) is 4. The van der Waals surface area contributed by atoms with Crippen LogP contribution in [0.5, 0.6) is 0 Å². The van der Waals surface area contributed by atoms with Crippen LogP contribution in [0.15, 0.2) is 109 Å². The molecule has 44 heavy (non-hydrogen) atoms. The Morgan fingerprint density at radius 2 is 0.909 bits per heavy atom. The summed E-state index contributed by atoms with van der Waals surface area (Å²) in [4.78, 5) is 10.5. The van der Waals surface area contributed by atoms with Crippen LogP contribution in [0.3, 0.4) is 0 Å². The van der Waals surface area contributed by atoms with Crippen LogP contribution in [0.25, 0.3) is 66.8 Å². The van der Waals surface area contributed by atoms with Crippen LogP contribution < -0.4 is 0 Å². The Labute approximate surface area is 257 Å². The number of ether oxygens (including phenoxy) is 2. The van der Waals surface area contributed by atoms with E-state index in [1.54, 1.807) is 14.2 Å². The van der Waals surface area contributed by atoms with Crippen molar-refractivity contribution in [2.24, 2.45) is 0 Å². The SMILES string of the molecule is COCn1cccc1-c1cccc(-c2ccc3ccc4ccc(-c5cccc(-c6cccn6COC)c5C)nc4c3n2)c1C. The van der Waals surface area contributed by atoms with Gasteiger partial charge in [-0.15, -0.1) is 0 Å². The minimum absolute atomic E-state index is 0.502. The van der Waals surface area contributed by atoms with Gasteiger partial charge in [0.15, 0.2) is 0 Å². The highest BCUT2D eigenvalue weighted by Gasteiger charge is 2.16. The molecular weight excluding hydrogens is 544 g/mol. The number of aromatic nitrogens is 4. The molecule has 6 heteroatoms. The van der Waals surface area contributed by atoms with Crippen LogP contribution in [0, 0.1) is 13.8 Å². The van der Waals surface area contributed by atoms with Crippen molar-refractivity contribution in [3.8, 4) is 45.0 Å². The zero-order valence-electron chi connectivity index (χ0n) is 25.4. The van der Waals surface area contributed by atoms with Crippen LogP contribution >= 0.6 is 0 Å². The molecule has 0 aliphatic heterocycles. The lowest BCUT2D eigenvalue weighted by Crippen LogP contribution is -2.01. The second kappa shape index (κ2) is 11.6. The summed E-state index contributed by atoms with van der Waals surface area (Å²) >= 11 is 0. The van der Waals surface area contributed by atoms with Gasteiger partial charge in [-0.05, 0) is 61.4 Å². The largest absolute Gasteiger partial charge is 0.364 e. The quantitative estimate of drug-likeness (QED) is 0.169. The summed E-state index contributed by atoms with van der Waals surface area (Å²) in [6.45, 7) is 5.34. The van der Waals surface area contributed by atoms with E-state index in [-0.39, 0.29) is 0 Å². The van der Waals surface area contributed by atoms with Crippen molar-refractivity contribution in [1.29, 1.82) is 0 Å². The van der Waals surface area contributed by atoms with Gasteiger partial charge in [-0.3, -0.25) is 0 Å². The second-order valence-electron chi connectivity index (χ2n) is 11.1. The van der Waals surface area contributed by atoms with Crippen LogP contribution in [0.4, 0.5) is 0 Å². The topological polar surface area (TPSA) is 54.1 Å². The van der Waals surface area contributed by atoms with Gasteiger partial charge in [0.1, 0.15) is 13.5 Å². The minimum Gasteiger partial charge on any atom is -0.364 e. The van der Waals surface area contributed by atoms with Crippen LogP contribution in [-0.2, 0) is 22.9 Å². The lowest BCUT2D eigenvalue weighted by Gasteiger charge is -2.15. The Kier molecular flexibility index (Phi) is 7.30. The smallest absolute Gasteiger partial charge is 0.122 e. The summed E-state index contributed by atoms with van der Waals surface area (Å²) in [5.74, 6) is 0. The molecule has 3 aromatic carbocycles. The summed E-state index contributed by atoms with van der Waals surface area (Å²) in [5.41, 5.74) is 12.8. The molecule has 0 bridgehead atoms. The van der Waals surface area contributed by atoms with Crippen molar-refractivity contribution in [3.63, 3.8) is 0 Å². The number of hydrogen-bond acceptors (Lipinski definition) is 4. The Bertz CT molecular complexity index is 1990. The average Bonchev–Trinajstić information content (AvgIpc) is 3.71. The molecule has 218 valence electrons. The van der Waals surface area contributed by atoms with E-state index in [9.17, 15) is 0 Å². The lowest BCUT2D eigenvalue weighted by atomic mass is 9.96. The molecule has 0 amide bonds. The second-order valence-corrected chi connectivity index (χ2v) is 11.1. The predicted molar refractivity (Wildman–Crippen MR) is 178 cm³/mol. The van der Waals surface area contributed by atoms with Gasteiger partial charge in [-0.2, -0.15) is 0 Å². The van der Waals surface area contributed by atoms with E-state index in [0.717, 1.165) is 66.8 Å². The normalized spacial score (nSPS) is 11.5. The lowest BCUT2D eigenvalue weighted by molar-refractivity contribution is 0.133. The number of rotatable bonds is 8. The first-order valence-corrected chi connectivity index (χ1v) is 14.8. The Balaban J connectivity index is 1.35. The molecule has 0 aliphatic carbocycles. The maximum absolute atomic E-state index is 5.42. The van der Waals surface area contributed by atoms with Crippen molar-refractivity contribution in [2.75, 3.05) is 14.2 Å². The first kappa shape index (κ1) is 27.8. The third-order valence-corrected chi connectivity index (χ3v) is 8.49. The molecule has 7 rings (SSSR count). The monoisotopic (exact) mass is 578 g/mol. The molecule has 0 fully saturated rings. The van der Waals surface area contributed by atoms with Crippen molar-refractivity contribution >= 4 is 21.8 Å². The summed E-state index contributed by atoms with van der Waals surface area (Å²) in [6.07, 6.45) is 4.09.